The molecule has 1 heterocycles. The van der Waals surface area contributed by atoms with Gasteiger partial charge in [0.05, 0.1) is 12.7 Å². The molecule has 1 saturated heterocycles. The fourth-order valence-corrected chi connectivity index (χ4v) is 3.11. The number of nitrogens with one attached hydrogen (secondary N) is 1. The summed E-state index contributed by atoms with van der Waals surface area (Å²) in [5.74, 6) is -0.309. The first-order valence-electron chi connectivity index (χ1n) is 8.51. The Balaban J connectivity index is 1.96. The Hall–Kier alpha value is -1.62. The number of unbranched alkanes of at least 4 members (excludes halogenated alkanes) is 1. The third kappa shape index (κ3) is 4.93. The monoisotopic (exact) mass is 322 g/mol. The van der Waals surface area contributed by atoms with Crippen molar-refractivity contribution >= 4 is 5.91 Å². The molecule has 0 aromatic heterocycles. The third-order valence-corrected chi connectivity index (χ3v) is 4.45. The number of carbonyl (C=O) groups is 1. The summed E-state index contributed by atoms with van der Waals surface area (Å²) in [6.45, 7) is 4.98. The highest BCUT2D eigenvalue weighted by atomic mass is 19.1. The van der Waals surface area contributed by atoms with Crippen molar-refractivity contribution in [1.29, 1.82) is 0 Å². The molecule has 23 heavy (non-hydrogen) atoms. The van der Waals surface area contributed by atoms with Crippen molar-refractivity contribution in [3.05, 3.63) is 29.6 Å². The number of likely N-dealkylation sites (tertiary alicyclic amines) is 1. The summed E-state index contributed by atoms with van der Waals surface area (Å²) in [5, 5.41) is 2.95. The first-order chi connectivity index (χ1) is 11.2. The van der Waals surface area contributed by atoms with Gasteiger partial charge in [0.15, 0.2) is 0 Å². The summed E-state index contributed by atoms with van der Waals surface area (Å²) in [6, 6.07) is 4.38. The summed E-state index contributed by atoms with van der Waals surface area (Å²) < 4.78 is 18.5. The second-order valence-electron chi connectivity index (χ2n) is 6.09. The Bertz CT molecular complexity index is 522. The molecule has 1 aromatic carbocycles. The predicted molar refractivity (Wildman–Crippen MR) is 89.4 cm³/mol. The van der Waals surface area contributed by atoms with Crippen molar-refractivity contribution in [3.63, 3.8) is 0 Å². The number of ether oxygens (including phenoxy) is 1. The zero-order valence-corrected chi connectivity index (χ0v) is 14.1. The second-order valence-corrected chi connectivity index (χ2v) is 6.09. The van der Waals surface area contributed by atoms with Crippen molar-refractivity contribution < 1.29 is 13.9 Å². The van der Waals surface area contributed by atoms with E-state index in [1.807, 2.05) is 0 Å². The molecule has 1 fully saturated rings. The maximum absolute atomic E-state index is 13.4. The van der Waals surface area contributed by atoms with Crippen LogP contribution < -0.4 is 10.1 Å². The smallest absolute Gasteiger partial charge is 0.255 e. The topological polar surface area (TPSA) is 41.6 Å². The first kappa shape index (κ1) is 17.7. The molecule has 128 valence electrons. The molecule has 1 aliphatic heterocycles. The molecule has 1 amide bonds. The summed E-state index contributed by atoms with van der Waals surface area (Å²) in [5.41, 5.74) is 0.253. The van der Waals surface area contributed by atoms with Crippen molar-refractivity contribution in [2.45, 2.75) is 45.1 Å². The van der Waals surface area contributed by atoms with E-state index in [4.69, 9.17) is 4.74 Å². The summed E-state index contributed by atoms with van der Waals surface area (Å²) in [6.07, 6.45) is 5.89. The molecule has 0 aliphatic carbocycles. The van der Waals surface area contributed by atoms with Crippen LogP contribution in [0.3, 0.4) is 0 Å². The van der Waals surface area contributed by atoms with E-state index in [0.717, 1.165) is 19.5 Å². The number of hydrogen-bond donors (Lipinski definition) is 1. The van der Waals surface area contributed by atoms with Gasteiger partial charge in [-0.25, -0.2) is 4.39 Å². The van der Waals surface area contributed by atoms with Crippen LogP contribution >= 0.6 is 0 Å². The molecule has 1 aromatic rings. The van der Waals surface area contributed by atoms with Gasteiger partial charge in [0, 0.05) is 12.6 Å². The van der Waals surface area contributed by atoms with Crippen molar-refractivity contribution in [2.24, 2.45) is 0 Å². The fourth-order valence-electron chi connectivity index (χ4n) is 3.11. The maximum Gasteiger partial charge on any atom is 0.255 e. The highest BCUT2D eigenvalue weighted by Crippen LogP contribution is 2.20. The SMILES string of the molecule is CCCCN1CCCCC1CNC(=O)c1cc(F)ccc1OC. The minimum absolute atomic E-state index is 0.253. The molecule has 4 nitrogen and oxygen atoms in total. The van der Waals surface area contributed by atoms with Crippen LogP contribution in [0.4, 0.5) is 4.39 Å². The van der Waals surface area contributed by atoms with Crippen LogP contribution in [0.15, 0.2) is 18.2 Å². The number of halogens is 1. The summed E-state index contributed by atoms with van der Waals surface area (Å²) in [7, 11) is 1.48. The average molecular weight is 322 g/mol. The van der Waals surface area contributed by atoms with Gasteiger partial charge in [0.2, 0.25) is 0 Å². The second kappa shape index (κ2) is 8.87. The molecule has 1 aliphatic rings. The van der Waals surface area contributed by atoms with Gasteiger partial charge in [-0.3, -0.25) is 9.69 Å². The van der Waals surface area contributed by atoms with E-state index in [1.165, 1.54) is 51.0 Å². The molecule has 0 spiro atoms. The van der Waals surface area contributed by atoms with Crippen LogP contribution in [-0.4, -0.2) is 43.6 Å². The molecule has 0 bridgehead atoms. The van der Waals surface area contributed by atoms with E-state index in [9.17, 15) is 9.18 Å². The van der Waals surface area contributed by atoms with Gasteiger partial charge in [-0.15, -0.1) is 0 Å². The van der Waals surface area contributed by atoms with E-state index in [2.05, 4.69) is 17.1 Å². The standard InChI is InChI=1S/C18H27FN2O2/c1-3-4-10-21-11-6-5-7-15(21)13-20-18(22)16-12-14(19)8-9-17(16)23-2/h8-9,12,15H,3-7,10-11,13H2,1-2H3,(H,20,22). The first-order valence-corrected chi connectivity index (χ1v) is 8.51. The lowest BCUT2D eigenvalue weighted by atomic mass is 10.0. The van der Waals surface area contributed by atoms with E-state index in [-0.39, 0.29) is 11.5 Å². The number of rotatable bonds is 7. The lowest BCUT2D eigenvalue weighted by molar-refractivity contribution is 0.0909. The molecular formula is C18H27FN2O2. The number of benzene rings is 1. The number of carbonyl (C=O) groups excluding carboxylic acids is 1. The Labute approximate surface area is 138 Å². The highest BCUT2D eigenvalue weighted by molar-refractivity contribution is 5.96. The Morgan fingerprint density at radius 3 is 3.00 bits per heavy atom. The molecule has 1 N–H and O–H groups in total. The zero-order chi connectivity index (χ0) is 16.7. The molecule has 1 unspecified atom stereocenters. The van der Waals surface area contributed by atoms with E-state index in [0.29, 0.717) is 18.3 Å². The maximum atomic E-state index is 13.4. The van der Waals surface area contributed by atoms with Crippen molar-refractivity contribution in [2.75, 3.05) is 26.7 Å². The minimum Gasteiger partial charge on any atom is -0.496 e. The number of methoxy groups -OCH3 is 1. The van der Waals surface area contributed by atoms with Gasteiger partial charge in [-0.2, -0.15) is 0 Å². The highest BCUT2D eigenvalue weighted by Gasteiger charge is 2.23. The summed E-state index contributed by atoms with van der Waals surface area (Å²) >= 11 is 0. The van der Waals surface area contributed by atoms with Gasteiger partial charge in [0.1, 0.15) is 11.6 Å². The van der Waals surface area contributed by atoms with Gasteiger partial charge in [0.25, 0.3) is 5.91 Å². The van der Waals surface area contributed by atoms with Crippen LogP contribution in [0.25, 0.3) is 0 Å². The zero-order valence-electron chi connectivity index (χ0n) is 14.1. The number of hydrogen-bond acceptors (Lipinski definition) is 3. The quantitative estimate of drug-likeness (QED) is 0.838. The number of amides is 1. The lowest BCUT2D eigenvalue weighted by Gasteiger charge is -2.35. The Kier molecular flexibility index (Phi) is 6.84. The van der Waals surface area contributed by atoms with Gasteiger partial charge >= 0.3 is 0 Å². The van der Waals surface area contributed by atoms with Crippen molar-refractivity contribution in [1.82, 2.24) is 10.2 Å². The van der Waals surface area contributed by atoms with Crippen LogP contribution in [0.1, 0.15) is 49.4 Å². The van der Waals surface area contributed by atoms with Gasteiger partial charge in [-0.05, 0) is 50.6 Å². The van der Waals surface area contributed by atoms with Crippen LogP contribution in [0, 0.1) is 5.82 Å². The fraction of sp³-hybridized carbons (Fsp3) is 0.611. The average Bonchev–Trinajstić information content (AvgIpc) is 2.58. The van der Waals surface area contributed by atoms with E-state index < -0.39 is 5.82 Å². The van der Waals surface area contributed by atoms with Crippen LogP contribution in [-0.2, 0) is 0 Å². The van der Waals surface area contributed by atoms with Gasteiger partial charge < -0.3 is 10.1 Å². The third-order valence-electron chi connectivity index (χ3n) is 4.45. The normalized spacial score (nSPS) is 18.7. The predicted octanol–water partition coefficient (Wildman–Crippen LogP) is 3.22. The Morgan fingerprint density at radius 2 is 2.26 bits per heavy atom. The van der Waals surface area contributed by atoms with Crippen molar-refractivity contribution in [3.8, 4) is 5.75 Å². The van der Waals surface area contributed by atoms with E-state index >= 15 is 0 Å². The summed E-state index contributed by atoms with van der Waals surface area (Å²) in [4.78, 5) is 14.8. The number of nitrogens with zero attached hydrogens (tertiary/aromatic N) is 1. The molecular weight excluding hydrogens is 295 g/mol. The van der Waals surface area contributed by atoms with Crippen LogP contribution in [0.2, 0.25) is 0 Å². The molecule has 0 saturated carbocycles. The van der Waals surface area contributed by atoms with Gasteiger partial charge in [-0.1, -0.05) is 19.8 Å². The molecule has 1 atom stereocenters. The molecule has 2 rings (SSSR count). The lowest BCUT2D eigenvalue weighted by Crippen LogP contribution is -2.47. The van der Waals surface area contributed by atoms with Crippen LogP contribution in [0.5, 0.6) is 5.75 Å². The molecule has 0 radical (unpaired) electrons. The van der Waals surface area contributed by atoms with E-state index in [1.54, 1.807) is 0 Å². The number of piperidine rings is 1. The Morgan fingerprint density at radius 1 is 1.43 bits per heavy atom. The minimum atomic E-state index is -0.432. The molecule has 5 heteroatoms. The largest absolute Gasteiger partial charge is 0.496 e.